The summed E-state index contributed by atoms with van der Waals surface area (Å²) in [6.07, 6.45) is 5.55. The van der Waals surface area contributed by atoms with E-state index in [1.54, 1.807) is 27.4 Å². The van der Waals surface area contributed by atoms with Crippen LogP contribution in [0.25, 0.3) is 11.6 Å². The first-order valence-corrected chi connectivity index (χ1v) is 8.29. The monoisotopic (exact) mass is 352 g/mol. The zero-order valence-electron chi connectivity index (χ0n) is 15.8. The Morgan fingerprint density at radius 3 is 1.96 bits per heavy atom. The Kier molecular flexibility index (Phi) is 6.61. The van der Waals surface area contributed by atoms with Gasteiger partial charge in [0.2, 0.25) is 0 Å². The van der Waals surface area contributed by atoms with Gasteiger partial charge in [0.05, 0.1) is 21.3 Å². The maximum absolute atomic E-state index is 11.8. The normalized spacial score (nSPS) is 11.5. The smallest absolute Gasteiger partial charge is 0.161 e. The fourth-order valence-electron chi connectivity index (χ4n) is 2.75. The van der Waals surface area contributed by atoms with Crippen LogP contribution in [0.1, 0.15) is 30.5 Å². The summed E-state index contributed by atoms with van der Waals surface area (Å²) in [5, 5.41) is 0. The van der Waals surface area contributed by atoms with Gasteiger partial charge in [0.1, 0.15) is 5.75 Å². The molecule has 4 nitrogen and oxygen atoms in total. The Balaban J connectivity index is 2.63. The van der Waals surface area contributed by atoms with E-state index in [9.17, 15) is 4.79 Å². The van der Waals surface area contributed by atoms with E-state index in [2.05, 4.69) is 0 Å². The van der Waals surface area contributed by atoms with Crippen molar-refractivity contribution in [2.24, 2.45) is 0 Å². The number of hydrogen-bond acceptors (Lipinski definition) is 4. The van der Waals surface area contributed by atoms with Gasteiger partial charge in [-0.15, -0.1) is 0 Å². The molecule has 26 heavy (non-hydrogen) atoms. The SMILES string of the molecule is CC=Cc1cc(C(=CC(C)=O)c2ccc(OC)c(OC)c2)ccc1OC. The highest BCUT2D eigenvalue weighted by Gasteiger charge is 2.12. The molecular weight excluding hydrogens is 328 g/mol. The van der Waals surface area contributed by atoms with Gasteiger partial charge in [0, 0.05) is 5.56 Å². The molecule has 2 aromatic rings. The average Bonchev–Trinajstić information content (AvgIpc) is 2.65. The van der Waals surface area contributed by atoms with Gasteiger partial charge < -0.3 is 14.2 Å². The molecule has 136 valence electrons. The molecule has 0 spiro atoms. The number of allylic oxidation sites excluding steroid dienone is 2. The van der Waals surface area contributed by atoms with Gasteiger partial charge in [-0.2, -0.15) is 0 Å². The summed E-state index contributed by atoms with van der Waals surface area (Å²) in [6, 6.07) is 11.5. The van der Waals surface area contributed by atoms with E-state index in [1.807, 2.05) is 55.5 Å². The standard InChI is InChI=1S/C22H24O4/c1-6-7-18-13-16(8-10-20(18)24-3)19(12-15(2)23)17-9-11-21(25-4)22(14-17)26-5/h6-14H,1-5H3. The van der Waals surface area contributed by atoms with E-state index in [0.717, 1.165) is 28.0 Å². The van der Waals surface area contributed by atoms with Crippen LogP contribution in [0.5, 0.6) is 17.2 Å². The first-order chi connectivity index (χ1) is 12.5. The lowest BCUT2D eigenvalue weighted by Crippen LogP contribution is -1.97. The van der Waals surface area contributed by atoms with Crippen LogP contribution in [0, 0.1) is 0 Å². The van der Waals surface area contributed by atoms with E-state index in [1.165, 1.54) is 6.92 Å². The number of methoxy groups -OCH3 is 3. The predicted octanol–water partition coefficient (Wildman–Crippen LogP) is 4.77. The van der Waals surface area contributed by atoms with Crippen LogP contribution in [-0.2, 0) is 4.79 Å². The minimum Gasteiger partial charge on any atom is -0.496 e. The van der Waals surface area contributed by atoms with Crippen molar-refractivity contribution >= 4 is 17.4 Å². The molecule has 0 heterocycles. The van der Waals surface area contributed by atoms with Crippen LogP contribution in [0.2, 0.25) is 0 Å². The lowest BCUT2D eigenvalue weighted by molar-refractivity contribution is -0.112. The van der Waals surface area contributed by atoms with Gasteiger partial charge in [-0.25, -0.2) is 0 Å². The zero-order valence-corrected chi connectivity index (χ0v) is 15.8. The number of hydrogen-bond donors (Lipinski definition) is 0. The molecule has 2 rings (SSSR count). The highest BCUT2D eigenvalue weighted by atomic mass is 16.5. The predicted molar refractivity (Wildman–Crippen MR) is 105 cm³/mol. The molecule has 0 saturated carbocycles. The first-order valence-electron chi connectivity index (χ1n) is 8.29. The first kappa shape index (κ1) is 19.3. The van der Waals surface area contributed by atoms with Crippen LogP contribution < -0.4 is 14.2 Å². The number of carbonyl (C=O) groups excluding carboxylic acids is 1. The van der Waals surface area contributed by atoms with Crippen molar-refractivity contribution in [1.82, 2.24) is 0 Å². The topological polar surface area (TPSA) is 44.8 Å². The van der Waals surface area contributed by atoms with Crippen molar-refractivity contribution < 1.29 is 19.0 Å². The minimum atomic E-state index is -0.0295. The molecule has 0 aromatic heterocycles. The molecule has 0 N–H and O–H groups in total. The highest BCUT2D eigenvalue weighted by molar-refractivity contribution is 5.99. The van der Waals surface area contributed by atoms with Gasteiger partial charge >= 0.3 is 0 Å². The molecule has 0 aliphatic heterocycles. The summed E-state index contributed by atoms with van der Waals surface area (Å²) in [7, 11) is 4.83. The number of benzene rings is 2. The number of carbonyl (C=O) groups is 1. The molecule has 0 radical (unpaired) electrons. The third-order valence-electron chi connectivity index (χ3n) is 3.93. The number of ketones is 1. The third-order valence-corrected chi connectivity index (χ3v) is 3.93. The fourth-order valence-corrected chi connectivity index (χ4v) is 2.75. The van der Waals surface area contributed by atoms with Crippen LogP contribution in [0.3, 0.4) is 0 Å². The molecule has 0 aliphatic rings. The summed E-state index contributed by atoms with van der Waals surface area (Å²) in [5.41, 5.74) is 3.55. The Hall–Kier alpha value is -3.01. The van der Waals surface area contributed by atoms with Gasteiger partial charge in [-0.05, 0) is 60.9 Å². The number of rotatable bonds is 7. The van der Waals surface area contributed by atoms with Gasteiger partial charge in [0.25, 0.3) is 0 Å². The molecule has 0 unspecified atom stereocenters. The molecule has 0 saturated heterocycles. The van der Waals surface area contributed by atoms with Crippen LogP contribution in [0.4, 0.5) is 0 Å². The Bertz CT molecular complexity index is 847. The Morgan fingerprint density at radius 1 is 0.846 bits per heavy atom. The fraction of sp³-hybridized carbons (Fsp3) is 0.227. The Labute approximate surface area is 154 Å². The second-order valence-corrected chi connectivity index (χ2v) is 5.70. The van der Waals surface area contributed by atoms with Crippen molar-refractivity contribution in [3.05, 3.63) is 65.2 Å². The molecule has 4 heteroatoms. The lowest BCUT2D eigenvalue weighted by atomic mass is 9.94. The molecule has 0 aliphatic carbocycles. The summed E-state index contributed by atoms with van der Waals surface area (Å²) in [5.74, 6) is 2.00. The minimum absolute atomic E-state index is 0.0295. The molecule has 0 bridgehead atoms. The number of ether oxygens (including phenoxy) is 3. The molecule has 0 atom stereocenters. The second-order valence-electron chi connectivity index (χ2n) is 5.70. The lowest BCUT2D eigenvalue weighted by Gasteiger charge is -2.14. The van der Waals surface area contributed by atoms with Crippen molar-refractivity contribution in [1.29, 1.82) is 0 Å². The average molecular weight is 352 g/mol. The molecule has 0 amide bonds. The highest BCUT2D eigenvalue weighted by Crippen LogP contribution is 2.34. The van der Waals surface area contributed by atoms with Crippen LogP contribution in [-0.4, -0.2) is 27.1 Å². The third kappa shape index (κ3) is 4.33. The van der Waals surface area contributed by atoms with Crippen molar-refractivity contribution in [3.63, 3.8) is 0 Å². The van der Waals surface area contributed by atoms with E-state index < -0.39 is 0 Å². The van der Waals surface area contributed by atoms with Crippen molar-refractivity contribution in [2.75, 3.05) is 21.3 Å². The summed E-state index contributed by atoms with van der Waals surface area (Å²) >= 11 is 0. The zero-order chi connectivity index (χ0) is 19.1. The summed E-state index contributed by atoms with van der Waals surface area (Å²) in [6.45, 7) is 3.49. The molecular formula is C22H24O4. The van der Waals surface area contributed by atoms with Gasteiger partial charge in [0.15, 0.2) is 17.3 Å². The quantitative estimate of drug-likeness (QED) is 0.674. The van der Waals surface area contributed by atoms with Crippen molar-refractivity contribution in [3.8, 4) is 17.2 Å². The van der Waals surface area contributed by atoms with E-state index in [0.29, 0.717) is 11.5 Å². The maximum Gasteiger partial charge on any atom is 0.161 e. The van der Waals surface area contributed by atoms with Crippen molar-refractivity contribution in [2.45, 2.75) is 13.8 Å². The second kappa shape index (κ2) is 8.90. The van der Waals surface area contributed by atoms with E-state index in [-0.39, 0.29) is 5.78 Å². The largest absolute Gasteiger partial charge is 0.496 e. The van der Waals surface area contributed by atoms with Gasteiger partial charge in [-0.3, -0.25) is 4.79 Å². The van der Waals surface area contributed by atoms with Crippen LogP contribution in [0.15, 0.2) is 48.6 Å². The maximum atomic E-state index is 11.8. The summed E-state index contributed by atoms with van der Waals surface area (Å²) < 4.78 is 16.1. The molecule has 0 fully saturated rings. The van der Waals surface area contributed by atoms with Crippen LogP contribution >= 0.6 is 0 Å². The van der Waals surface area contributed by atoms with Gasteiger partial charge in [-0.1, -0.05) is 24.3 Å². The molecule has 2 aromatic carbocycles. The van der Waals surface area contributed by atoms with E-state index in [4.69, 9.17) is 14.2 Å². The van der Waals surface area contributed by atoms with E-state index >= 15 is 0 Å². The Morgan fingerprint density at radius 2 is 1.42 bits per heavy atom. The summed E-state index contributed by atoms with van der Waals surface area (Å²) in [4.78, 5) is 11.8.